The Hall–Kier alpha value is -1.55. The van der Waals surface area contributed by atoms with E-state index < -0.39 is 0 Å². The number of hydrogen-bond acceptors (Lipinski definition) is 3. The Bertz CT molecular complexity index is 441. The molecule has 0 saturated heterocycles. The summed E-state index contributed by atoms with van der Waals surface area (Å²) in [5.74, 6) is 1.60. The topological polar surface area (TPSA) is 64.3 Å². The molecule has 1 aliphatic rings. The second-order valence-electron chi connectivity index (χ2n) is 5.80. The van der Waals surface area contributed by atoms with Crippen LogP contribution in [0.1, 0.15) is 38.2 Å². The Morgan fingerprint density at radius 3 is 2.71 bits per heavy atom. The van der Waals surface area contributed by atoms with Gasteiger partial charge in [-0.3, -0.25) is 4.79 Å². The first-order chi connectivity index (χ1) is 10.2. The molecule has 21 heavy (non-hydrogen) atoms. The lowest BCUT2D eigenvalue weighted by atomic mass is 10.1. The Morgan fingerprint density at radius 2 is 2.10 bits per heavy atom. The third kappa shape index (κ3) is 5.76. The highest BCUT2D eigenvalue weighted by Gasteiger charge is 2.28. The Labute approximate surface area is 127 Å². The van der Waals surface area contributed by atoms with E-state index in [9.17, 15) is 4.79 Å². The van der Waals surface area contributed by atoms with E-state index in [4.69, 9.17) is 10.5 Å². The zero-order valence-electron chi connectivity index (χ0n) is 12.8. The van der Waals surface area contributed by atoms with Gasteiger partial charge in [0.05, 0.1) is 6.61 Å². The van der Waals surface area contributed by atoms with E-state index in [1.807, 2.05) is 24.3 Å². The lowest BCUT2D eigenvalue weighted by Gasteiger charge is -2.11. The molecule has 3 N–H and O–H groups in total. The molecular formula is C17H26N2O2. The number of rotatable bonds is 9. The zero-order valence-corrected chi connectivity index (χ0v) is 12.8. The van der Waals surface area contributed by atoms with E-state index in [0.717, 1.165) is 30.8 Å². The van der Waals surface area contributed by atoms with Crippen LogP contribution in [0.2, 0.25) is 0 Å². The summed E-state index contributed by atoms with van der Waals surface area (Å²) < 4.78 is 5.54. The Morgan fingerprint density at radius 1 is 1.38 bits per heavy atom. The number of carbonyl (C=O) groups excluding carboxylic acids is 1. The first-order valence-corrected chi connectivity index (χ1v) is 7.93. The fourth-order valence-corrected chi connectivity index (χ4v) is 2.24. The molecule has 0 aliphatic heterocycles. The van der Waals surface area contributed by atoms with Gasteiger partial charge in [-0.25, -0.2) is 0 Å². The molecule has 0 spiro atoms. The fraction of sp³-hybridized carbons (Fsp3) is 0.588. The summed E-state index contributed by atoms with van der Waals surface area (Å²) in [4.78, 5) is 11.8. The smallest absolute Gasteiger partial charge is 0.220 e. The molecule has 2 rings (SSSR count). The molecule has 0 radical (unpaired) electrons. The minimum Gasteiger partial charge on any atom is -0.494 e. The van der Waals surface area contributed by atoms with Crippen molar-refractivity contribution in [2.75, 3.05) is 13.2 Å². The SMILES string of the molecule is CCCOc1ccc(CCC(=O)NCC(N)C2CC2)cc1. The second-order valence-corrected chi connectivity index (χ2v) is 5.80. The molecule has 1 unspecified atom stereocenters. The quantitative estimate of drug-likeness (QED) is 0.733. The molecule has 0 heterocycles. The van der Waals surface area contributed by atoms with Crippen LogP contribution < -0.4 is 15.8 Å². The third-order valence-electron chi connectivity index (χ3n) is 3.80. The van der Waals surface area contributed by atoms with Crippen LogP contribution in [-0.4, -0.2) is 25.1 Å². The van der Waals surface area contributed by atoms with Gasteiger partial charge in [-0.2, -0.15) is 0 Å². The van der Waals surface area contributed by atoms with Crippen molar-refractivity contribution >= 4 is 5.91 Å². The monoisotopic (exact) mass is 290 g/mol. The van der Waals surface area contributed by atoms with Crippen molar-refractivity contribution < 1.29 is 9.53 Å². The number of ether oxygens (including phenoxy) is 1. The van der Waals surface area contributed by atoms with E-state index in [0.29, 0.717) is 18.9 Å². The van der Waals surface area contributed by atoms with Crippen LogP contribution in [0, 0.1) is 5.92 Å². The highest BCUT2D eigenvalue weighted by Crippen LogP contribution is 2.31. The number of benzene rings is 1. The molecule has 4 nitrogen and oxygen atoms in total. The van der Waals surface area contributed by atoms with E-state index >= 15 is 0 Å². The molecule has 0 aromatic heterocycles. The molecule has 1 amide bonds. The standard InChI is InChI=1S/C17H26N2O2/c1-2-11-21-15-8-3-13(4-9-15)5-10-17(20)19-12-16(18)14-6-7-14/h3-4,8-9,14,16H,2,5-7,10-12,18H2,1H3,(H,19,20). The van der Waals surface area contributed by atoms with Crippen LogP contribution in [0.5, 0.6) is 5.75 Å². The van der Waals surface area contributed by atoms with Gasteiger partial charge in [0, 0.05) is 19.0 Å². The Balaban J connectivity index is 1.65. The summed E-state index contributed by atoms with van der Waals surface area (Å²) in [5.41, 5.74) is 7.12. The number of aryl methyl sites for hydroxylation is 1. The van der Waals surface area contributed by atoms with Gasteiger partial charge in [0.25, 0.3) is 0 Å². The highest BCUT2D eigenvalue weighted by molar-refractivity contribution is 5.76. The van der Waals surface area contributed by atoms with Gasteiger partial charge in [0.2, 0.25) is 5.91 Å². The van der Waals surface area contributed by atoms with Gasteiger partial charge < -0.3 is 15.8 Å². The lowest BCUT2D eigenvalue weighted by Crippen LogP contribution is -2.38. The maximum absolute atomic E-state index is 11.8. The summed E-state index contributed by atoms with van der Waals surface area (Å²) in [6.45, 7) is 3.43. The molecule has 0 bridgehead atoms. The number of nitrogens with one attached hydrogen (secondary N) is 1. The fourth-order valence-electron chi connectivity index (χ4n) is 2.24. The molecular weight excluding hydrogens is 264 g/mol. The molecule has 1 saturated carbocycles. The molecule has 1 fully saturated rings. The largest absolute Gasteiger partial charge is 0.494 e. The minimum atomic E-state index is 0.0809. The summed E-state index contributed by atoms with van der Waals surface area (Å²) >= 11 is 0. The molecule has 4 heteroatoms. The zero-order chi connectivity index (χ0) is 15.1. The molecule has 1 aromatic rings. The average molecular weight is 290 g/mol. The normalized spacial score (nSPS) is 15.5. The number of carbonyl (C=O) groups is 1. The highest BCUT2D eigenvalue weighted by atomic mass is 16.5. The van der Waals surface area contributed by atoms with Crippen molar-refractivity contribution in [3.8, 4) is 5.75 Å². The summed E-state index contributed by atoms with van der Waals surface area (Å²) in [6, 6.07) is 8.10. The van der Waals surface area contributed by atoms with Crippen molar-refractivity contribution in [2.45, 2.75) is 45.1 Å². The Kier molecular flexibility index (Phi) is 6.05. The summed E-state index contributed by atoms with van der Waals surface area (Å²) in [5, 5.41) is 2.92. The van der Waals surface area contributed by atoms with Crippen LogP contribution >= 0.6 is 0 Å². The maximum atomic E-state index is 11.8. The van der Waals surface area contributed by atoms with Crippen molar-refractivity contribution in [2.24, 2.45) is 11.7 Å². The van der Waals surface area contributed by atoms with Gasteiger partial charge in [0.1, 0.15) is 5.75 Å². The molecule has 1 aliphatic carbocycles. The van der Waals surface area contributed by atoms with Crippen LogP contribution in [0.4, 0.5) is 0 Å². The number of hydrogen-bond donors (Lipinski definition) is 2. The predicted octanol–water partition coefficient (Wildman–Crippen LogP) is 2.26. The molecule has 1 atom stereocenters. The first kappa shape index (κ1) is 15.8. The van der Waals surface area contributed by atoms with Gasteiger partial charge in [-0.15, -0.1) is 0 Å². The number of amides is 1. The van der Waals surface area contributed by atoms with E-state index in [1.165, 1.54) is 12.8 Å². The summed E-state index contributed by atoms with van der Waals surface area (Å²) in [6.07, 6.45) is 4.68. The first-order valence-electron chi connectivity index (χ1n) is 7.93. The van der Waals surface area contributed by atoms with Gasteiger partial charge in [0.15, 0.2) is 0 Å². The maximum Gasteiger partial charge on any atom is 0.220 e. The number of nitrogens with two attached hydrogens (primary N) is 1. The van der Waals surface area contributed by atoms with E-state index in [2.05, 4.69) is 12.2 Å². The van der Waals surface area contributed by atoms with Gasteiger partial charge in [-0.1, -0.05) is 19.1 Å². The van der Waals surface area contributed by atoms with Crippen molar-refractivity contribution in [1.29, 1.82) is 0 Å². The van der Waals surface area contributed by atoms with Gasteiger partial charge in [-0.05, 0) is 49.3 Å². The third-order valence-corrected chi connectivity index (χ3v) is 3.80. The van der Waals surface area contributed by atoms with E-state index in [-0.39, 0.29) is 11.9 Å². The van der Waals surface area contributed by atoms with Crippen LogP contribution in [0.3, 0.4) is 0 Å². The van der Waals surface area contributed by atoms with Crippen molar-refractivity contribution in [3.63, 3.8) is 0 Å². The van der Waals surface area contributed by atoms with Gasteiger partial charge >= 0.3 is 0 Å². The van der Waals surface area contributed by atoms with Crippen LogP contribution in [-0.2, 0) is 11.2 Å². The molecule has 116 valence electrons. The average Bonchev–Trinajstić information content (AvgIpc) is 3.34. The molecule has 1 aromatic carbocycles. The predicted molar refractivity (Wildman–Crippen MR) is 84.3 cm³/mol. The van der Waals surface area contributed by atoms with Crippen LogP contribution in [0.15, 0.2) is 24.3 Å². The minimum absolute atomic E-state index is 0.0809. The second kappa shape index (κ2) is 8.03. The van der Waals surface area contributed by atoms with Crippen molar-refractivity contribution in [1.82, 2.24) is 5.32 Å². The summed E-state index contributed by atoms with van der Waals surface area (Å²) in [7, 11) is 0. The van der Waals surface area contributed by atoms with Crippen molar-refractivity contribution in [3.05, 3.63) is 29.8 Å². The lowest BCUT2D eigenvalue weighted by molar-refractivity contribution is -0.121. The van der Waals surface area contributed by atoms with Crippen LogP contribution in [0.25, 0.3) is 0 Å². The van der Waals surface area contributed by atoms with E-state index in [1.54, 1.807) is 0 Å².